The van der Waals surface area contributed by atoms with Gasteiger partial charge in [-0.1, -0.05) is 49.4 Å². The van der Waals surface area contributed by atoms with Crippen LogP contribution in [0.2, 0.25) is 0 Å². The molecule has 0 atom stereocenters. The Hall–Kier alpha value is -2.21. The predicted octanol–water partition coefficient (Wildman–Crippen LogP) is 4.06. The molecule has 0 saturated heterocycles. The number of ketones is 1. The Bertz CT molecular complexity index is 886. The van der Waals surface area contributed by atoms with Crippen molar-refractivity contribution >= 4 is 23.3 Å². The standard InChI is InChI=1S/C19H22N4OS/c1-4-5-6-15-7-9-16(10-8-15)17(24)12-25-19-21-18-20-13(2)11-14(3)23(18)22-19/h7-11H,4-6,12H2,1-3H3. The molecule has 130 valence electrons. The lowest BCUT2D eigenvalue weighted by Crippen LogP contribution is -2.03. The fraction of sp³-hybridized carbons (Fsp3) is 0.368. The lowest BCUT2D eigenvalue weighted by molar-refractivity contribution is 0.102. The highest BCUT2D eigenvalue weighted by atomic mass is 32.2. The molecule has 0 aliphatic rings. The van der Waals surface area contributed by atoms with Gasteiger partial charge in [-0.3, -0.25) is 4.79 Å². The first kappa shape index (κ1) is 17.6. The van der Waals surface area contributed by atoms with Gasteiger partial charge in [-0.05, 0) is 38.3 Å². The Kier molecular flexibility index (Phi) is 5.48. The van der Waals surface area contributed by atoms with E-state index in [4.69, 9.17) is 0 Å². The Morgan fingerprint density at radius 2 is 1.92 bits per heavy atom. The second kappa shape index (κ2) is 7.78. The molecule has 1 aromatic carbocycles. The topological polar surface area (TPSA) is 60.2 Å². The van der Waals surface area contributed by atoms with Gasteiger partial charge in [-0.25, -0.2) is 9.50 Å². The van der Waals surface area contributed by atoms with Crippen molar-refractivity contribution < 1.29 is 4.79 Å². The van der Waals surface area contributed by atoms with Crippen LogP contribution in [0, 0.1) is 13.8 Å². The number of rotatable bonds is 7. The number of hydrogen-bond donors (Lipinski definition) is 0. The van der Waals surface area contributed by atoms with Crippen LogP contribution in [-0.4, -0.2) is 31.1 Å². The summed E-state index contributed by atoms with van der Waals surface area (Å²) < 4.78 is 1.71. The number of hydrogen-bond acceptors (Lipinski definition) is 5. The first-order chi connectivity index (χ1) is 12.1. The molecule has 3 aromatic rings. The van der Waals surface area contributed by atoms with Crippen LogP contribution in [0.25, 0.3) is 5.78 Å². The summed E-state index contributed by atoms with van der Waals surface area (Å²) >= 11 is 1.35. The maximum absolute atomic E-state index is 12.4. The number of thioether (sulfide) groups is 1. The zero-order valence-electron chi connectivity index (χ0n) is 14.8. The zero-order valence-corrected chi connectivity index (χ0v) is 15.6. The summed E-state index contributed by atoms with van der Waals surface area (Å²) in [4.78, 5) is 21.1. The molecule has 0 radical (unpaired) electrons. The lowest BCUT2D eigenvalue weighted by atomic mass is 10.1. The van der Waals surface area contributed by atoms with Gasteiger partial charge >= 0.3 is 0 Å². The van der Waals surface area contributed by atoms with Gasteiger partial charge in [-0.15, -0.1) is 5.10 Å². The molecule has 0 aliphatic heterocycles. The molecule has 6 heteroatoms. The third-order valence-corrected chi connectivity index (χ3v) is 4.86. The molecule has 0 saturated carbocycles. The van der Waals surface area contributed by atoms with Gasteiger partial charge in [0.05, 0.1) is 5.75 Å². The van der Waals surface area contributed by atoms with Crippen LogP contribution in [0.5, 0.6) is 0 Å². The molecule has 2 aromatic heterocycles. The second-order valence-electron chi connectivity index (χ2n) is 6.16. The number of carbonyl (C=O) groups is 1. The van der Waals surface area contributed by atoms with Gasteiger partial charge in [0.15, 0.2) is 5.78 Å². The third-order valence-electron chi connectivity index (χ3n) is 4.03. The van der Waals surface area contributed by atoms with Crippen molar-refractivity contribution in [2.75, 3.05) is 5.75 Å². The smallest absolute Gasteiger partial charge is 0.253 e. The van der Waals surface area contributed by atoms with E-state index in [9.17, 15) is 4.79 Å². The van der Waals surface area contributed by atoms with Crippen LogP contribution in [0.4, 0.5) is 0 Å². The van der Waals surface area contributed by atoms with E-state index in [1.165, 1.54) is 30.2 Å². The number of aromatic nitrogens is 4. The van der Waals surface area contributed by atoms with Crippen molar-refractivity contribution in [3.63, 3.8) is 0 Å². The summed E-state index contributed by atoms with van der Waals surface area (Å²) in [5.41, 5.74) is 3.91. The highest BCUT2D eigenvalue weighted by Crippen LogP contribution is 2.17. The first-order valence-corrected chi connectivity index (χ1v) is 9.51. The lowest BCUT2D eigenvalue weighted by Gasteiger charge is -2.02. The molecule has 25 heavy (non-hydrogen) atoms. The minimum atomic E-state index is 0.0896. The normalized spacial score (nSPS) is 11.2. The maximum Gasteiger partial charge on any atom is 0.253 e. The van der Waals surface area contributed by atoms with Gasteiger partial charge in [0.2, 0.25) is 5.16 Å². The molecular weight excluding hydrogens is 332 g/mol. The fourth-order valence-electron chi connectivity index (χ4n) is 2.66. The molecule has 0 N–H and O–H groups in total. The molecule has 0 spiro atoms. The number of nitrogens with zero attached hydrogens (tertiary/aromatic N) is 4. The van der Waals surface area contributed by atoms with E-state index in [0.29, 0.717) is 16.7 Å². The predicted molar refractivity (Wildman–Crippen MR) is 100 cm³/mol. The molecule has 3 rings (SSSR count). The van der Waals surface area contributed by atoms with E-state index in [-0.39, 0.29) is 5.78 Å². The fourth-order valence-corrected chi connectivity index (χ4v) is 3.37. The van der Waals surface area contributed by atoms with Crippen LogP contribution < -0.4 is 0 Å². The van der Waals surface area contributed by atoms with E-state index >= 15 is 0 Å². The van der Waals surface area contributed by atoms with Crippen molar-refractivity contribution in [3.8, 4) is 0 Å². The number of aryl methyl sites for hydroxylation is 3. The number of fused-ring (bicyclic) bond motifs is 1. The molecule has 0 unspecified atom stereocenters. The first-order valence-electron chi connectivity index (χ1n) is 8.53. The van der Waals surface area contributed by atoms with Crippen LogP contribution in [0.15, 0.2) is 35.5 Å². The monoisotopic (exact) mass is 354 g/mol. The molecular formula is C19H22N4OS. The van der Waals surface area contributed by atoms with E-state index in [2.05, 4.69) is 22.0 Å². The van der Waals surface area contributed by atoms with Crippen molar-refractivity contribution in [2.24, 2.45) is 0 Å². The summed E-state index contributed by atoms with van der Waals surface area (Å²) in [6.07, 6.45) is 3.42. The highest BCUT2D eigenvalue weighted by molar-refractivity contribution is 7.99. The quantitative estimate of drug-likeness (QED) is 0.473. The summed E-state index contributed by atoms with van der Waals surface area (Å²) in [7, 11) is 0. The molecule has 0 aliphatic carbocycles. The molecule has 0 fully saturated rings. The van der Waals surface area contributed by atoms with Crippen molar-refractivity contribution in [3.05, 3.63) is 52.8 Å². The molecule has 0 amide bonds. The van der Waals surface area contributed by atoms with Gasteiger partial charge in [0.25, 0.3) is 5.78 Å². The van der Waals surface area contributed by atoms with Gasteiger partial charge in [-0.2, -0.15) is 4.98 Å². The van der Waals surface area contributed by atoms with Gasteiger partial charge < -0.3 is 0 Å². The molecule has 5 nitrogen and oxygen atoms in total. The van der Waals surface area contributed by atoms with Crippen LogP contribution in [-0.2, 0) is 6.42 Å². The van der Waals surface area contributed by atoms with Crippen molar-refractivity contribution in [2.45, 2.75) is 45.2 Å². The van der Waals surface area contributed by atoms with Crippen molar-refractivity contribution in [1.82, 2.24) is 19.6 Å². The Balaban J connectivity index is 1.65. The van der Waals surface area contributed by atoms with Gasteiger partial charge in [0.1, 0.15) is 0 Å². The van der Waals surface area contributed by atoms with Crippen LogP contribution >= 0.6 is 11.8 Å². The van der Waals surface area contributed by atoms with Crippen molar-refractivity contribution in [1.29, 1.82) is 0 Å². The van der Waals surface area contributed by atoms with Gasteiger partial charge in [0, 0.05) is 17.0 Å². The number of benzene rings is 1. The number of carbonyl (C=O) groups excluding carboxylic acids is 1. The third kappa shape index (κ3) is 4.25. The summed E-state index contributed by atoms with van der Waals surface area (Å²) in [5.74, 6) is 0.989. The average Bonchev–Trinajstić information content (AvgIpc) is 3.01. The summed E-state index contributed by atoms with van der Waals surface area (Å²) in [6.45, 7) is 6.08. The SMILES string of the molecule is CCCCc1ccc(C(=O)CSc2nc3nc(C)cc(C)n3n2)cc1. The van der Waals surface area contributed by atoms with E-state index in [1.807, 2.05) is 44.2 Å². The molecule has 2 heterocycles. The minimum absolute atomic E-state index is 0.0896. The summed E-state index contributed by atoms with van der Waals surface area (Å²) in [5, 5.41) is 5.00. The van der Waals surface area contributed by atoms with E-state index in [0.717, 1.165) is 23.4 Å². The second-order valence-corrected chi connectivity index (χ2v) is 7.10. The zero-order chi connectivity index (χ0) is 17.8. The minimum Gasteiger partial charge on any atom is -0.293 e. The summed E-state index contributed by atoms with van der Waals surface area (Å²) in [6, 6.07) is 9.89. The molecule has 0 bridgehead atoms. The van der Waals surface area contributed by atoms with E-state index in [1.54, 1.807) is 4.52 Å². The van der Waals surface area contributed by atoms with Crippen LogP contribution in [0.1, 0.15) is 47.1 Å². The Morgan fingerprint density at radius 3 is 2.64 bits per heavy atom. The van der Waals surface area contributed by atoms with Crippen LogP contribution in [0.3, 0.4) is 0 Å². The largest absolute Gasteiger partial charge is 0.293 e. The number of unbranched alkanes of at least 4 members (excludes halogenated alkanes) is 1. The number of Topliss-reactive ketones (excluding diaryl/α,β-unsaturated/α-hetero) is 1. The Labute approximate surface area is 151 Å². The Morgan fingerprint density at radius 1 is 1.16 bits per heavy atom. The highest BCUT2D eigenvalue weighted by Gasteiger charge is 2.12. The average molecular weight is 354 g/mol. The van der Waals surface area contributed by atoms with E-state index < -0.39 is 0 Å². The maximum atomic E-state index is 12.4.